The van der Waals surface area contributed by atoms with Gasteiger partial charge in [0.15, 0.2) is 0 Å². The van der Waals surface area contributed by atoms with Crippen molar-refractivity contribution in [3.05, 3.63) is 29.8 Å². The van der Waals surface area contributed by atoms with Gasteiger partial charge in [-0.25, -0.2) is 0 Å². The van der Waals surface area contributed by atoms with Crippen LogP contribution in [0.15, 0.2) is 24.3 Å². The fourth-order valence-corrected chi connectivity index (χ4v) is 1.96. The second-order valence-corrected chi connectivity index (χ2v) is 4.37. The molecule has 78 valence electrons. The van der Waals surface area contributed by atoms with E-state index in [0.29, 0.717) is 5.88 Å². The van der Waals surface area contributed by atoms with E-state index < -0.39 is 0 Å². The molecule has 0 aliphatic rings. The van der Waals surface area contributed by atoms with Gasteiger partial charge < -0.3 is 4.90 Å². The Morgan fingerprint density at radius 1 is 1.21 bits per heavy atom. The van der Waals surface area contributed by atoms with E-state index in [1.54, 1.807) is 0 Å². The minimum atomic E-state index is 0.668. The van der Waals surface area contributed by atoms with Crippen molar-refractivity contribution in [3.63, 3.8) is 0 Å². The number of aryl methyl sites for hydroxylation is 1. The van der Waals surface area contributed by atoms with Crippen LogP contribution >= 0.6 is 27.5 Å². The van der Waals surface area contributed by atoms with Crippen LogP contribution in [0.25, 0.3) is 0 Å². The van der Waals surface area contributed by atoms with E-state index in [2.05, 4.69) is 52.0 Å². The van der Waals surface area contributed by atoms with Crippen molar-refractivity contribution >= 4 is 33.2 Å². The van der Waals surface area contributed by atoms with E-state index in [4.69, 9.17) is 11.6 Å². The third kappa shape index (κ3) is 3.50. The highest BCUT2D eigenvalue weighted by molar-refractivity contribution is 9.09. The largest absolute Gasteiger partial charge is 0.370 e. The highest BCUT2D eigenvalue weighted by Gasteiger charge is 2.03. The van der Waals surface area contributed by atoms with Crippen LogP contribution in [0.1, 0.15) is 5.56 Å². The predicted octanol–water partition coefficient (Wildman–Crippen LogP) is 3.44. The van der Waals surface area contributed by atoms with Crippen LogP contribution in [0.2, 0.25) is 0 Å². The molecule has 14 heavy (non-hydrogen) atoms. The Balaban J connectivity index is 2.71. The van der Waals surface area contributed by atoms with Gasteiger partial charge in [0, 0.05) is 30.0 Å². The summed E-state index contributed by atoms with van der Waals surface area (Å²) in [7, 11) is 0. The highest BCUT2D eigenvalue weighted by atomic mass is 79.9. The molecule has 0 aromatic heterocycles. The zero-order chi connectivity index (χ0) is 10.4. The second kappa shape index (κ2) is 6.31. The first-order valence-electron chi connectivity index (χ1n) is 4.71. The van der Waals surface area contributed by atoms with Crippen LogP contribution in [0.4, 0.5) is 5.69 Å². The Hall–Kier alpha value is -0.210. The Labute approximate surface area is 99.2 Å². The number of anilines is 1. The lowest BCUT2D eigenvalue weighted by molar-refractivity contribution is 0.879. The molecular weight excluding hydrogens is 261 g/mol. The van der Waals surface area contributed by atoms with Crippen LogP contribution in [-0.2, 0) is 0 Å². The van der Waals surface area contributed by atoms with Crippen molar-refractivity contribution in [3.8, 4) is 0 Å². The number of halogens is 2. The summed E-state index contributed by atoms with van der Waals surface area (Å²) in [4.78, 5) is 2.28. The maximum absolute atomic E-state index is 5.76. The lowest BCUT2D eigenvalue weighted by atomic mass is 10.2. The van der Waals surface area contributed by atoms with Crippen molar-refractivity contribution in [1.82, 2.24) is 0 Å². The fourth-order valence-electron chi connectivity index (χ4n) is 1.33. The van der Waals surface area contributed by atoms with Crippen LogP contribution in [0.5, 0.6) is 0 Å². The topological polar surface area (TPSA) is 3.24 Å². The van der Waals surface area contributed by atoms with Gasteiger partial charge in [-0.05, 0) is 19.1 Å². The molecule has 0 atom stereocenters. The van der Waals surface area contributed by atoms with E-state index >= 15 is 0 Å². The van der Waals surface area contributed by atoms with Gasteiger partial charge in [0.05, 0.1) is 0 Å². The molecule has 0 amide bonds. The molecule has 1 aromatic rings. The van der Waals surface area contributed by atoms with Crippen LogP contribution in [-0.4, -0.2) is 24.3 Å². The summed E-state index contributed by atoms with van der Waals surface area (Å²) in [5, 5.41) is 0.970. The van der Waals surface area contributed by atoms with Gasteiger partial charge in [-0.15, -0.1) is 11.6 Å². The van der Waals surface area contributed by atoms with Gasteiger partial charge in [0.25, 0.3) is 0 Å². The summed E-state index contributed by atoms with van der Waals surface area (Å²) >= 11 is 9.20. The maximum Gasteiger partial charge on any atom is 0.0399 e. The zero-order valence-corrected chi connectivity index (χ0v) is 10.7. The molecule has 0 aliphatic carbocycles. The Morgan fingerprint density at radius 2 is 1.86 bits per heavy atom. The van der Waals surface area contributed by atoms with E-state index in [-0.39, 0.29) is 0 Å². The van der Waals surface area contributed by atoms with E-state index in [9.17, 15) is 0 Å². The van der Waals surface area contributed by atoms with Gasteiger partial charge in [-0.3, -0.25) is 0 Å². The zero-order valence-electron chi connectivity index (χ0n) is 8.34. The Morgan fingerprint density at radius 3 is 2.36 bits per heavy atom. The average Bonchev–Trinajstić information content (AvgIpc) is 2.19. The lowest BCUT2D eigenvalue weighted by Crippen LogP contribution is -2.27. The molecule has 0 radical (unpaired) electrons. The number of hydrogen-bond donors (Lipinski definition) is 0. The number of benzene rings is 1. The first kappa shape index (κ1) is 11.9. The SMILES string of the molecule is Cc1ccc(N(CCCl)CCBr)cc1. The number of rotatable bonds is 5. The third-order valence-corrected chi connectivity index (χ3v) is 2.63. The molecular formula is C11H15BrClN. The summed E-state index contributed by atoms with van der Waals surface area (Å²) in [5.41, 5.74) is 2.54. The summed E-state index contributed by atoms with van der Waals surface area (Å²) in [5.74, 6) is 0.668. The Kier molecular flexibility index (Phi) is 5.34. The standard InChI is InChI=1S/C11H15BrClN/c1-10-2-4-11(5-3-10)14(8-6-12)9-7-13/h2-5H,6-9H2,1H3. The molecule has 0 saturated carbocycles. The average molecular weight is 277 g/mol. The molecule has 1 aromatic carbocycles. The van der Waals surface area contributed by atoms with Gasteiger partial charge in [0.1, 0.15) is 0 Å². The number of alkyl halides is 2. The van der Waals surface area contributed by atoms with E-state index in [0.717, 1.165) is 18.4 Å². The third-order valence-electron chi connectivity index (χ3n) is 2.11. The van der Waals surface area contributed by atoms with Crippen molar-refractivity contribution < 1.29 is 0 Å². The minimum Gasteiger partial charge on any atom is -0.370 e. The van der Waals surface area contributed by atoms with Crippen molar-refractivity contribution in [2.75, 3.05) is 29.2 Å². The normalized spacial score (nSPS) is 10.2. The van der Waals surface area contributed by atoms with Gasteiger partial charge in [-0.2, -0.15) is 0 Å². The smallest absolute Gasteiger partial charge is 0.0399 e. The molecule has 1 nitrogen and oxygen atoms in total. The molecule has 0 unspecified atom stereocenters. The van der Waals surface area contributed by atoms with Crippen molar-refractivity contribution in [2.45, 2.75) is 6.92 Å². The van der Waals surface area contributed by atoms with Gasteiger partial charge in [-0.1, -0.05) is 33.6 Å². The summed E-state index contributed by atoms with van der Waals surface area (Å²) < 4.78 is 0. The van der Waals surface area contributed by atoms with Gasteiger partial charge in [0.2, 0.25) is 0 Å². The molecule has 0 aliphatic heterocycles. The molecule has 0 heterocycles. The second-order valence-electron chi connectivity index (χ2n) is 3.20. The first-order valence-corrected chi connectivity index (χ1v) is 6.37. The van der Waals surface area contributed by atoms with E-state index in [1.165, 1.54) is 11.3 Å². The van der Waals surface area contributed by atoms with E-state index in [1.807, 2.05) is 0 Å². The minimum absolute atomic E-state index is 0.668. The summed E-state index contributed by atoms with van der Waals surface area (Å²) in [6, 6.07) is 8.55. The molecule has 0 spiro atoms. The predicted molar refractivity (Wildman–Crippen MR) is 67.9 cm³/mol. The Bertz CT molecular complexity index is 254. The first-order chi connectivity index (χ1) is 6.77. The molecule has 0 saturated heterocycles. The van der Waals surface area contributed by atoms with Crippen molar-refractivity contribution in [1.29, 1.82) is 0 Å². The fraction of sp³-hybridized carbons (Fsp3) is 0.455. The number of nitrogens with zero attached hydrogens (tertiary/aromatic N) is 1. The maximum atomic E-state index is 5.76. The van der Waals surface area contributed by atoms with Crippen LogP contribution in [0, 0.1) is 6.92 Å². The molecule has 1 rings (SSSR count). The summed E-state index contributed by atoms with van der Waals surface area (Å²) in [6.07, 6.45) is 0. The highest BCUT2D eigenvalue weighted by Crippen LogP contribution is 2.15. The molecule has 0 bridgehead atoms. The lowest BCUT2D eigenvalue weighted by Gasteiger charge is -2.22. The summed E-state index contributed by atoms with van der Waals surface area (Å²) in [6.45, 7) is 3.99. The quantitative estimate of drug-likeness (QED) is 0.745. The monoisotopic (exact) mass is 275 g/mol. The molecule has 0 fully saturated rings. The molecule has 3 heteroatoms. The van der Waals surface area contributed by atoms with Crippen LogP contribution < -0.4 is 4.90 Å². The van der Waals surface area contributed by atoms with Crippen molar-refractivity contribution in [2.24, 2.45) is 0 Å². The van der Waals surface area contributed by atoms with Gasteiger partial charge >= 0.3 is 0 Å². The molecule has 0 N–H and O–H groups in total. The van der Waals surface area contributed by atoms with Crippen LogP contribution in [0.3, 0.4) is 0 Å². The number of hydrogen-bond acceptors (Lipinski definition) is 1.